The molecule has 1 aliphatic heterocycles. The number of aryl methyl sites for hydroxylation is 3. The minimum Gasteiger partial charge on any atom is -0.314 e. The molecule has 122 valence electrons. The summed E-state index contributed by atoms with van der Waals surface area (Å²) in [7, 11) is -2.71. The van der Waals surface area contributed by atoms with Gasteiger partial charge in [-0.2, -0.15) is 4.36 Å². The summed E-state index contributed by atoms with van der Waals surface area (Å²) in [4.78, 5) is 13.1. The molecule has 2 heterocycles. The number of nitrogens with zero attached hydrogens (tertiary/aromatic N) is 4. The van der Waals surface area contributed by atoms with E-state index in [2.05, 4.69) is 14.6 Å². The highest BCUT2D eigenvalue weighted by molar-refractivity contribution is 7.93. The van der Waals surface area contributed by atoms with E-state index in [1.165, 1.54) is 6.26 Å². The van der Waals surface area contributed by atoms with Gasteiger partial charge in [0.15, 0.2) is 0 Å². The molecular weight excluding hydrogens is 312 g/mol. The van der Waals surface area contributed by atoms with Crippen LogP contribution in [0.25, 0.3) is 0 Å². The summed E-state index contributed by atoms with van der Waals surface area (Å²) in [5.74, 6) is 1.15. The third kappa shape index (κ3) is 3.19. The van der Waals surface area contributed by atoms with Gasteiger partial charge < -0.3 is 4.57 Å². The van der Waals surface area contributed by atoms with Crippen LogP contribution >= 0.6 is 0 Å². The van der Waals surface area contributed by atoms with E-state index in [1.54, 1.807) is 12.1 Å². The lowest BCUT2D eigenvalue weighted by atomic mass is 9.99. The number of hydrogen-bond acceptors (Lipinski definition) is 4. The molecular formula is C16H20N4O2S. The summed E-state index contributed by atoms with van der Waals surface area (Å²) in [6.45, 7) is 4.35. The molecule has 2 unspecified atom stereocenters. The molecule has 7 heteroatoms. The second-order valence-electron chi connectivity index (χ2n) is 6.05. The van der Waals surface area contributed by atoms with Gasteiger partial charge in [-0.1, -0.05) is 17.7 Å². The molecule has 0 fully saturated rings. The van der Waals surface area contributed by atoms with Crippen LogP contribution in [0.4, 0.5) is 0 Å². The highest BCUT2D eigenvalue weighted by Crippen LogP contribution is 2.22. The SMILES string of the molecule is Cc1ccc(S(C)(=O)=NC(=O)C2CCc3nnc(C)n3C2)cc1. The van der Waals surface area contributed by atoms with Gasteiger partial charge in [0.2, 0.25) is 0 Å². The lowest BCUT2D eigenvalue weighted by molar-refractivity contribution is -0.122. The molecule has 2 aromatic rings. The Morgan fingerprint density at radius 1 is 1.26 bits per heavy atom. The van der Waals surface area contributed by atoms with Crippen molar-refractivity contribution >= 4 is 15.6 Å². The molecule has 1 aliphatic rings. The van der Waals surface area contributed by atoms with Gasteiger partial charge in [-0.15, -0.1) is 10.2 Å². The minimum absolute atomic E-state index is 0.261. The number of carbonyl (C=O) groups excluding carboxylic acids is 1. The summed E-state index contributed by atoms with van der Waals surface area (Å²) in [5, 5.41) is 8.13. The van der Waals surface area contributed by atoms with E-state index in [0.717, 1.165) is 17.2 Å². The number of benzene rings is 1. The maximum absolute atomic E-state index is 12.8. The number of carbonyl (C=O) groups is 1. The molecule has 0 saturated heterocycles. The Bertz CT molecular complexity index is 861. The van der Waals surface area contributed by atoms with Gasteiger partial charge >= 0.3 is 0 Å². The van der Waals surface area contributed by atoms with Crippen LogP contribution in [0.15, 0.2) is 33.5 Å². The van der Waals surface area contributed by atoms with Crippen LogP contribution in [-0.4, -0.2) is 31.1 Å². The van der Waals surface area contributed by atoms with Crippen LogP contribution in [0.2, 0.25) is 0 Å². The average molecular weight is 332 g/mol. The van der Waals surface area contributed by atoms with Gasteiger partial charge in [-0.25, -0.2) is 4.21 Å². The number of amides is 1. The van der Waals surface area contributed by atoms with Crippen LogP contribution in [0.5, 0.6) is 0 Å². The van der Waals surface area contributed by atoms with E-state index < -0.39 is 9.73 Å². The van der Waals surface area contributed by atoms with Gasteiger partial charge in [-0.3, -0.25) is 4.79 Å². The Labute approximate surface area is 136 Å². The lowest BCUT2D eigenvalue weighted by Gasteiger charge is -2.21. The average Bonchev–Trinajstić information content (AvgIpc) is 2.88. The van der Waals surface area contributed by atoms with Crippen molar-refractivity contribution < 1.29 is 9.00 Å². The largest absolute Gasteiger partial charge is 0.314 e. The van der Waals surface area contributed by atoms with Gasteiger partial charge in [0.1, 0.15) is 11.6 Å². The Balaban J connectivity index is 1.85. The lowest BCUT2D eigenvalue weighted by Crippen LogP contribution is -2.27. The van der Waals surface area contributed by atoms with Crippen molar-refractivity contribution in [3.8, 4) is 0 Å². The molecule has 1 aromatic carbocycles. The summed E-state index contributed by atoms with van der Waals surface area (Å²) >= 11 is 0. The van der Waals surface area contributed by atoms with Crippen molar-refractivity contribution in [1.82, 2.24) is 14.8 Å². The third-order valence-corrected chi connectivity index (χ3v) is 5.88. The number of hydrogen-bond donors (Lipinski definition) is 0. The second-order valence-corrected chi connectivity index (χ2v) is 8.31. The molecule has 23 heavy (non-hydrogen) atoms. The maximum atomic E-state index is 12.8. The molecule has 1 aromatic heterocycles. The van der Waals surface area contributed by atoms with Gasteiger partial charge in [0.05, 0.1) is 15.6 Å². The topological polar surface area (TPSA) is 77.2 Å². The van der Waals surface area contributed by atoms with Crippen molar-refractivity contribution in [3.63, 3.8) is 0 Å². The third-order valence-electron chi connectivity index (χ3n) is 4.20. The maximum Gasteiger partial charge on any atom is 0.258 e. The molecule has 0 bridgehead atoms. The standard InChI is InChI=1S/C16H20N4O2S/c1-11-4-7-14(8-5-11)23(3,22)19-16(21)13-6-9-15-18-17-12(2)20(15)10-13/h4-5,7-8,13H,6,9-10H2,1-3H3. The first-order chi connectivity index (χ1) is 10.9. The number of rotatable bonds is 2. The Morgan fingerprint density at radius 2 is 1.96 bits per heavy atom. The fraction of sp³-hybridized carbons (Fsp3) is 0.438. The fourth-order valence-electron chi connectivity index (χ4n) is 2.75. The molecule has 0 aliphatic carbocycles. The first-order valence-electron chi connectivity index (χ1n) is 7.58. The van der Waals surface area contributed by atoms with Crippen LogP contribution < -0.4 is 0 Å². The molecule has 0 saturated carbocycles. The molecule has 0 radical (unpaired) electrons. The zero-order valence-corrected chi connectivity index (χ0v) is 14.3. The Hall–Kier alpha value is -2.02. The number of fused-ring (bicyclic) bond motifs is 1. The highest BCUT2D eigenvalue weighted by atomic mass is 32.2. The summed E-state index contributed by atoms with van der Waals surface area (Å²) in [5.41, 5.74) is 1.08. The Kier molecular flexibility index (Phi) is 4.06. The van der Waals surface area contributed by atoms with Crippen molar-refractivity contribution in [3.05, 3.63) is 41.5 Å². The van der Waals surface area contributed by atoms with Crippen LogP contribution in [-0.2, 0) is 27.5 Å². The van der Waals surface area contributed by atoms with Crippen molar-refractivity contribution in [2.45, 2.75) is 38.1 Å². The molecule has 6 nitrogen and oxygen atoms in total. The first-order valence-corrected chi connectivity index (χ1v) is 9.50. The second kappa shape index (κ2) is 5.88. The van der Waals surface area contributed by atoms with E-state index in [9.17, 15) is 9.00 Å². The first kappa shape index (κ1) is 15.9. The molecule has 3 rings (SSSR count). The summed E-state index contributed by atoms with van der Waals surface area (Å²) < 4.78 is 18.8. The zero-order valence-electron chi connectivity index (χ0n) is 13.5. The van der Waals surface area contributed by atoms with E-state index in [4.69, 9.17) is 0 Å². The Morgan fingerprint density at radius 3 is 2.65 bits per heavy atom. The normalized spacial score (nSPS) is 19.7. The van der Waals surface area contributed by atoms with E-state index in [-0.39, 0.29) is 11.8 Å². The zero-order chi connectivity index (χ0) is 16.6. The van der Waals surface area contributed by atoms with Crippen molar-refractivity contribution in [2.24, 2.45) is 10.3 Å². The quantitative estimate of drug-likeness (QED) is 0.844. The summed E-state index contributed by atoms with van der Waals surface area (Å²) in [6, 6.07) is 7.31. The van der Waals surface area contributed by atoms with Crippen molar-refractivity contribution in [2.75, 3.05) is 6.26 Å². The van der Waals surface area contributed by atoms with Crippen LogP contribution in [0, 0.1) is 19.8 Å². The fourth-order valence-corrected chi connectivity index (χ4v) is 3.99. The molecule has 0 N–H and O–H groups in total. The smallest absolute Gasteiger partial charge is 0.258 e. The van der Waals surface area contributed by atoms with Gasteiger partial charge in [0.25, 0.3) is 5.91 Å². The van der Waals surface area contributed by atoms with E-state index in [0.29, 0.717) is 24.3 Å². The molecule has 0 spiro atoms. The summed E-state index contributed by atoms with van der Waals surface area (Å²) in [6.07, 6.45) is 2.89. The van der Waals surface area contributed by atoms with Gasteiger partial charge in [-0.05, 0) is 32.4 Å². The van der Waals surface area contributed by atoms with Crippen molar-refractivity contribution in [1.29, 1.82) is 0 Å². The predicted molar refractivity (Wildman–Crippen MR) is 87.5 cm³/mol. The monoisotopic (exact) mass is 332 g/mol. The van der Waals surface area contributed by atoms with Crippen LogP contribution in [0.3, 0.4) is 0 Å². The predicted octanol–water partition coefficient (Wildman–Crippen LogP) is 2.14. The van der Waals surface area contributed by atoms with Crippen LogP contribution in [0.1, 0.15) is 23.6 Å². The van der Waals surface area contributed by atoms with E-state index in [1.807, 2.05) is 30.5 Å². The molecule has 2 atom stereocenters. The number of aromatic nitrogens is 3. The minimum atomic E-state index is -2.71. The highest BCUT2D eigenvalue weighted by Gasteiger charge is 2.27. The molecule has 1 amide bonds. The van der Waals surface area contributed by atoms with Gasteiger partial charge in [0, 0.05) is 24.1 Å². The van der Waals surface area contributed by atoms with E-state index >= 15 is 0 Å².